The van der Waals surface area contributed by atoms with Crippen molar-refractivity contribution in [3.63, 3.8) is 0 Å². The Bertz CT molecular complexity index is 213. The first kappa shape index (κ1) is 10.4. The van der Waals surface area contributed by atoms with Crippen LogP contribution in [0.2, 0.25) is 0 Å². The third-order valence-electron chi connectivity index (χ3n) is 3.90. The fourth-order valence-corrected chi connectivity index (χ4v) is 3.13. The largest absolute Gasteiger partial charge is 0.298 e. The van der Waals surface area contributed by atoms with Crippen LogP contribution in [0.1, 0.15) is 40.5 Å². The number of halogens is 1. The predicted molar refractivity (Wildman–Crippen MR) is 57.1 cm³/mol. The molecule has 0 N–H and O–H groups in total. The summed E-state index contributed by atoms with van der Waals surface area (Å²) in [5.41, 5.74) is -0.615. The Labute approximate surface area is 86.7 Å². The van der Waals surface area contributed by atoms with Gasteiger partial charge >= 0.3 is 0 Å². The summed E-state index contributed by atoms with van der Waals surface area (Å²) in [5.74, 6) is 1.23. The van der Waals surface area contributed by atoms with Gasteiger partial charge in [-0.2, -0.15) is 0 Å². The zero-order chi connectivity index (χ0) is 10.6. The van der Waals surface area contributed by atoms with Gasteiger partial charge in [-0.05, 0) is 52.4 Å². The molecule has 3 atom stereocenters. The van der Waals surface area contributed by atoms with Gasteiger partial charge in [0, 0.05) is 18.6 Å². The lowest BCUT2D eigenvalue weighted by molar-refractivity contribution is 0.128. The minimum absolute atomic E-state index is 0.261. The van der Waals surface area contributed by atoms with E-state index in [1.165, 1.54) is 0 Å². The van der Waals surface area contributed by atoms with Crippen LogP contribution in [0.25, 0.3) is 0 Å². The highest BCUT2D eigenvalue weighted by molar-refractivity contribution is 5.00. The van der Waals surface area contributed by atoms with Gasteiger partial charge in [-0.1, -0.05) is 0 Å². The second-order valence-electron chi connectivity index (χ2n) is 6.42. The first-order valence-electron chi connectivity index (χ1n) is 5.72. The summed E-state index contributed by atoms with van der Waals surface area (Å²) in [7, 11) is 0. The van der Waals surface area contributed by atoms with Crippen LogP contribution in [-0.2, 0) is 0 Å². The van der Waals surface area contributed by atoms with E-state index in [0.29, 0.717) is 11.8 Å². The number of fused-ring (bicyclic) bond motifs is 1. The molecule has 1 unspecified atom stereocenters. The van der Waals surface area contributed by atoms with E-state index in [-0.39, 0.29) is 5.54 Å². The van der Waals surface area contributed by atoms with Crippen LogP contribution in [0.5, 0.6) is 0 Å². The summed E-state index contributed by atoms with van der Waals surface area (Å²) < 4.78 is 13.7. The van der Waals surface area contributed by atoms with Gasteiger partial charge in [0.05, 0.1) is 0 Å². The van der Waals surface area contributed by atoms with Crippen LogP contribution in [-0.4, -0.2) is 29.2 Å². The van der Waals surface area contributed by atoms with E-state index >= 15 is 0 Å². The molecule has 1 aliphatic carbocycles. The Balaban J connectivity index is 2.00. The number of nitrogens with zero attached hydrogens (tertiary/aromatic N) is 1. The molecule has 1 heterocycles. The van der Waals surface area contributed by atoms with Crippen molar-refractivity contribution in [2.45, 2.75) is 51.7 Å². The SMILES string of the molecule is CC1(F)C[C@H]2CN(C(C)(C)C)C[C@H]2C1. The molecule has 2 fully saturated rings. The topological polar surface area (TPSA) is 3.24 Å². The van der Waals surface area contributed by atoms with Crippen LogP contribution < -0.4 is 0 Å². The first-order valence-corrected chi connectivity index (χ1v) is 5.72. The number of alkyl halides is 1. The van der Waals surface area contributed by atoms with Crippen LogP contribution in [0.15, 0.2) is 0 Å². The minimum atomic E-state index is -0.876. The van der Waals surface area contributed by atoms with Crippen molar-refractivity contribution in [2.75, 3.05) is 13.1 Å². The molecule has 0 radical (unpaired) electrons. The lowest BCUT2D eigenvalue weighted by atomic mass is 10.0. The fourth-order valence-electron chi connectivity index (χ4n) is 3.13. The molecular formula is C12H22FN. The summed E-state index contributed by atoms with van der Waals surface area (Å²) >= 11 is 0. The number of hydrogen-bond acceptors (Lipinski definition) is 1. The maximum Gasteiger partial charge on any atom is 0.109 e. The van der Waals surface area contributed by atoms with E-state index in [1.807, 2.05) is 0 Å². The third kappa shape index (κ3) is 1.81. The number of hydrogen-bond donors (Lipinski definition) is 0. The van der Waals surface area contributed by atoms with Crippen molar-refractivity contribution in [1.29, 1.82) is 0 Å². The molecule has 1 aliphatic heterocycles. The zero-order valence-electron chi connectivity index (χ0n) is 9.81. The molecule has 2 aliphatic rings. The van der Waals surface area contributed by atoms with Gasteiger partial charge in [-0.25, -0.2) is 4.39 Å². The lowest BCUT2D eigenvalue weighted by Gasteiger charge is -2.33. The smallest absolute Gasteiger partial charge is 0.109 e. The minimum Gasteiger partial charge on any atom is -0.298 e. The average Bonchev–Trinajstić information content (AvgIpc) is 2.37. The van der Waals surface area contributed by atoms with Crippen molar-refractivity contribution in [3.8, 4) is 0 Å². The van der Waals surface area contributed by atoms with Crippen LogP contribution in [0.3, 0.4) is 0 Å². The van der Waals surface area contributed by atoms with Gasteiger partial charge in [-0.3, -0.25) is 4.90 Å². The van der Waals surface area contributed by atoms with Gasteiger partial charge in [0.1, 0.15) is 5.67 Å². The van der Waals surface area contributed by atoms with Crippen molar-refractivity contribution in [3.05, 3.63) is 0 Å². The number of likely N-dealkylation sites (tertiary alicyclic amines) is 1. The molecule has 0 spiro atoms. The summed E-state index contributed by atoms with van der Waals surface area (Å²) in [4.78, 5) is 2.51. The summed E-state index contributed by atoms with van der Waals surface area (Å²) in [6.45, 7) is 10.7. The van der Waals surface area contributed by atoms with E-state index in [0.717, 1.165) is 25.9 Å². The van der Waals surface area contributed by atoms with Crippen molar-refractivity contribution in [1.82, 2.24) is 4.90 Å². The molecule has 14 heavy (non-hydrogen) atoms. The Morgan fingerprint density at radius 2 is 1.57 bits per heavy atom. The van der Waals surface area contributed by atoms with Gasteiger partial charge in [0.2, 0.25) is 0 Å². The van der Waals surface area contributed by atoms with E-state index in [2.05, 4.69) is 25.7 Å². The van der Waals surface area contributed by atoms with Gasteiger partial charge < -0.3 is 0 Å². The molecule has 0 bridgehead atoms. The van der Waals surface area contributed by atoms with E-state index < -0.39 is 5.67 Å². The van der Waals surface area contributed by atoms with Gasteiger partial charge in [0.25, 0.3) is 0 Å². The highest BCUT2D eigenvalue weighted by atomic mass is 19.1. The standard InChI is InChI=1S/C12H22FN/c1-11(2,3)14-7-9-5-12(4,13)6-10(9)8-14/h9-10H,5-8H2,1-4H3/t9-,10+,12?. The second kappa shape index (κ2) is 2.94. The molecule has 0 aromatic heterocycles. The Kier molecular flexibility index (Phi) is 2.19. The first-order chi connectivity index (χ1) is 6.28. The average molecular weight is 199 g/mol. The number of rotatable bonds is 0. The Hall–Kier alpha value is -0.110. The molecule has 2 heteroatoms. The van der Waals surface area contributed by atoms with E-state index in [4.69, 9.17) is 0 Å². The van der Waals surface area contributed by atoms with Crippen LogP contribution in [0, 0.1) is 11.8 Å². The second-order valence-corrected chi connectivity index (χ2v) is 6.42. The molecule has 0 amide bonds. The predicted octanol–water partition coefficient (Wildman–Crippen LogP) is 2.85. The summed E-state index contributed by atoms with van der Waals surface area (Å²) in [6, 6.07) is 0. The molecule has 1 nitrogen and oxygen atoms in total. The van der Waals surface area contributed by atoms with Gasteiger partial charge in [0.15, 0.2) is 0 Å². The summed E-state index contributed by atoms with van der Waals surface area (Å²) in [6.07, 6.45) is 1.56. The molecule has 1 saturated carbocycles. The Morgan fingerprint density at radius 1 is 1.14 bits per heavy atom. The zero-order valence-corrected chi connectivity index (χ0v) is 9.81. The van der Waals surface area contributed by atoms with Crippen LogP contribution >= 0.6 is 0 Å². The molecular weight excluding hydrogens is 177 g/mol. The summed E-state index contributed by atoms with van der Waals surface area (Å²) in [5, 5.41) is 0. The van der Waals surface area contributed by atoms with E-state index in [9.17, 15) is 4.39 Å². The maximum atomic E-state index is 13.7. The molecule has 2 rings (SSSR count). The monoisotopic (exact) mass is 199 g/mol. The molecule has 1 saturated heterocycles. The maximum absolute atomic E-state index is 13.7. The van der Waals surface area contributed by atoms with Crippen LogP contribution in [0.4, 0.5) is 4.39 Å². The van der Waals surface area contributed by atoms with Crippen molar-refractivity contribution in [2.24, 2.45) is 11.8 Å². The highest BCUT2D eigenvalue weighted by Gasteiger charge is 2.48. The molecule has 0 aromatic rings. The molecule has 0 aromatic carbocycles. The fraction of sp³-hybridized carbons (Fsp3) is 1.00. The Morgan fingerprint density at radius 3 is 1.93 bits per heavy atom. The third-order valence-corrected chi connectivity index (χ3v) is 3.90. The normalized spacial score (nSPS) is 44.4. The highest BCUT2D eigenvalue weighted by Crippen LogP contribution is 2.46. The van der Waals surface area contributed by atoms with Gasteiger partial charge in [-0.15, -0.1) is 0 Å². The quantitative estimate of drug-likeness (QED) is 0.580. The van der Waals surface area contributed by atoms with E-state index in [1.54, 1.807) is 6.92 Å². The van der Waals surface area contributed by atoms with Crippen molar-refractivity contribution < 1.29 is 4.39 Å². The van der Waals surface area contributed by atoms with Crippen molar-refractivity contribution >= 4 is 0 Å². The lowest BCUT2D eigenvalue weighted by Crippen LogP contribution is -2.40. The molecule has 82 valence electrons.